The van der Waals surface area contributed by atoms with E-state index in [1.54, 1.807) is 6.07 Å². The smallest absolute Gasteiger partial charge is 0.267 e. The van der Waals surface area contributed by atoms with Crippen molar-refractivity contribution in [3.8, 4) is 22.4 Å². The molecule has 4 heteroatoms. The van der Waals surface area contributed by atoms with Crippen molar-refractivity contribution < 1.29 is 0 Å². The van der Waals surface area contributed by atoms with Gasteiger partial charge in [-0.2, -0.15) is 5.10 Å². The van der Waals surface area contributed by atoms with Crippen molar-refractivity contribution in [2.45, 2.75) is 19.9 Å². The van der Waals surface area contributed by atoms with Crippen LogP contribution in [0.25, 0.3) is 22.4 Å². The number of nitrogens with zero attached hydrogens (tertiary/aromatic N) is 2. The third kappa shape index (κ3) is 4.30. The van der Waals surface area contributed by atoms with Gasteiger partial charge in [-0.25, -0.2) is 4.68 Å². The van der Waals surface area contributed by atoms with E-state index < -0.39 is 0 Å². The summed E-state index contributed by atoms with van der Waals surface area (Å²) in [7, 11) is 0. The van der Waals surface area contributed by atoms with Gasteiger partial charge in [-0.05, 0) is 35.2 Å². The third-order valence-corrected chi connectivity index (χ3v) is 5.22. The highest BCUT2D eigenvalue weighted by molar-refractivity contribution is 6.30. The van der Waals surface area contributed by atoms with Gasteiger partial charge < -0.3 is 0 Å². The fourth-order valence-electron chi connectivity index (χ4n) is 3.32. The van der Waals surface area contributed by atoms with Gasteiger partial charge in [-0.15, -0.1) is 0 Å². The third-order valence-electron chi connectivity index (χ3n) is 4.96. The Morgan fingerprint density at radius 2 is 1.48 bits per heavy atom. The summed E-state index contributed by atoms with van der Waals surface area (Å²) in [6.07, 6.45) is 0.977. The SMILES string of the molecule is CCc1ccc(-c2nn(Cc3ccccc3)c(=O)cc2-c2ccc(Cl)cc2)cc1. The molecule has 4 aromatic rings. The van der Waals surface area contributed by atoms with Gasteiger partial charge in [0.2, 0.25) is 0 Å². The van der Waals surface area contributed by atoms with Crippen molar-refractivity contribution in [3.63, 3.8) is 0 Å². The average Bonchev–Trinajstić information content (AvgIpc) is 2.76. The minimum Gasteiger partial charge on any atom is -0.268 e. The molecule has 0 spiro atoms. The van der Waals surface area contributed by atoms with Gasteiger partial charge in [0.15, 0.2) is 0 Å². The standard InChI is InChI=1S/C25H21ClN2O/c1-2-18-8-10-21(11-9-18)25-23(20-12-14-22(26)15-13-20)16-24(29)28(27-25)17-19-6-4-3-5-7-19/h3-16H,2,17H2,1H3. The second kappa shape index (κ2) is 8.46. The second-order valence-electron chi connectivity index (χ2n) is 6.95. The van der Waals surface area contributed by atoms with E-state index >= 15 is 0 Å². The summed E-state index contributed by atoms with van der Waals surface area (Å²) in [5.74, 6) is 0. The quantitative estimate of drug-likeness (QED) is 0.421. The van der Waals surface area contributed by atoms with E-state index in [-0.39, 0.29) is 5.56 Å². The van der Waals surface area contributed by atoms with Crippen molar-refractivity contribution in [3.05, 3.63) is 111 Å². The fourth-order valence-corrected chi connectivity index (χ4v) is 3.45. The van der Waals surface area contributed by atoms with Crippen molar-refractivity contribution >= 4 is 11.6 Å². The van der Waals surface area contributed by atoms with Crippen LogP contribution in [0.2, 0.25) is 5.02 Å². The van der Waals surface area contributed by atoms with Crippen molar-refractivity contribution in [2.24, 2.45) is 0 Å². The lowest BCUT2D eigenvalue weighted by Crippen LogP contribution is -2.23. The number of hydrogen-bond acceptors (Lipinski definition) is 2. The Bertz CT molecular complexity index is 1160. The molecule has 0 fully saturated rings. The summed E-state index contributed by atoms with van der Waals surface area (Å²) in [6, 6.07) is 27.4. The van der Waals surface area contributed by atoms with E-state index in [4.69, 9.17) is 16.7 Å². The summed E-state index contributed by atoms with van der Waals surface area (Å²) in [4.78, 5) is 12.8. The number of hydrogen-bond donors (Lipinski definition) is 0. The number of aromatic nitrogens is 2. The number of benzene rings is 3. The van der Waals surface area contributed by atoms with Crippen LogP contribution in [-0.4, -0.2) is 9.78 Å². The number of aryl methyl sites for hydroxylation is 1. The molecule has 0 saturated carbocycles. The van der Waals surface area contributed by atoms with E-state index in [1.165, 1.54) is 10.2 Å². The highest BCUT2D eigenvalue weighted by Crippen LogP contribution is 2.30. The molecule has 0 N–H and O–H groups in total. The zero-order valence-corrected chi connectivity index (χ0v) is 16.9. The zero-order chi connectivity index (χ0) is 20.2. The molecule has 0 atom stereocenters. The van der Waals surface area contributed by atoms with Gasteiger partial charge in [0.05, 0.1) is 12.2 Å². The van der Waals surface area contributed by atoms with Gasteiger partial charge in [-0.3, -0.25) is 4.79 Å². The number of halogens is 1. The Kier molecular flexibility index (Phi) is 5.59. The fraction of sp³-hybridized carbons (Fsp3) is 0.120. The Balaban J connectivity index is 1.86. The largest absolute Gasteiger partial charge is 0.268 e. The van der Waals surface area contributed by atoms with Crippen LogP contribution >= 0.6 is 11.6 Å². The summed E-state index contributed by atoms with van der Waals surface area (Å²) in [5.41, 5.74) is 5.65. The predicted octanol–water partition coefficient (Wildman–Crippen LogP) is 5.84. The first-order chi connectivity index (χ1) is 14.1. The minimum absolute atomic E-state index is 0.132. The van der Waals surface area contributed by atoms with Gasteiger partial charge >= 0.3 is 0 Å². The molecule has 0 aliphatic heterocycles. The molecule has 1 aromatic heterocycles. The molecule has 0 unspecified atom stereocenters. The van der Waals surface area contributed by atoms with Crippen LogP contribution in [-0.2, 0) is 13.0 Å². The summed E-state index contributed by atoms with van der Waals surface area (Å²) >= 11 is 6.05. The van der Waals surface area contributed by atoms with E-state index in [2.05, 4.69) is 31.2 Å². The Labute approximate surface area is 175 Å². The van der Waals surface area contributed by atoms with Gasteiger partial charge in [0, 0.05) is 22.2 Å². The summed E-state index contributed by atoms with van der Waals surface area (Å²) in [5, 5.41) is 5.42. The molecule has 0 bridgehead atoms. The summed E-state index contributed by atoms with van der Waals surface area (Å²) < 4.78 is 1.53. The average molecular weight is 401 g/mol. The maximum atomic E-state index is 12.8. The highest BCUT2D eigenvalue weighted by Gasteiger charge is 2.13. The minimum atomic E-state index is -0.132. The molecule has 29 heavy (non-hydrogen) atoms. The maximum Gasteiger partial charge on any atom is 0.267 e. The first-order valence-electron chi connectivity index (χ1n) is 9.65. The van der Waals surface area contributed by atoms with Crippen LogP contribution in [0.4, 0.5) is 0 Å². The Hall–Kier alpha value is -3.17. The Morgan fingerprint density at radius 1 is 0.828 bits per heavy atom. The topological polar surface area (TPSA) is 34.9 Å². The number of rotatable bonds is 5. The van der Waals surface area contributed by atoms with Crippen LogP contribution in [0.1, 0.15) is 18.1 Å². The second-order valence-corrected chi connectivity index (χ2v) is 7.38. The zero-order valence-electron chi connectivity index (χ0n) is 16.2. The predicted molar refractivity (Wildman–Crippen MR) is 119 cm³/mol. The van der Waals surface area contributed by atoms with Crippen LogP contribution in [0.15, 0.2) is 89.7 Å². The van der Waals surface area contributed by atoms with E-state index in [9.17, 15) is 4.79 Å². The molecule has 0 radical (unpaired) electrons. The maximum absolute atomic E-state index is 12.8. The molecule has 144 valence electrons. The molecule has 3 nitrogen and oxygen atoms in total. The van der Waals surface area contributed by atoms with E-state index in [0.717, 1.165) is 34.4 Å². The van der Waals surface area contributed by atoms with Gasteiger partial charge in [0.25, 0.3) is 5.56 Å². The normalized spacial score (nSPS) is 10.8. The van der Waals surface area contributed by atoms with Gasteiger partial charge in [0.1, 0.15) is 0 Å². The highest BCUT2D eigenvalue weighted by atomic mass is 35.5. The van der Waals surface area contributed by atoms with E-state index in [1.807, 2.05) is 54.6 Å². The monoisotopic (exact) mass is 400 g/mol. The lowest BCUT2D eigenvalue weighted by atomic mass is 9.99. The molecular weight excluding hydrogens is 380 g/mol. The summed E-state index contributed by atoms with van der Waals surface area (Å²) in [6.45, 7) is 2.56. The van der Waals surface area contributed by atoms with Crippen molar-refractivity contribution in [2.75, 3.05) is 0 Å². The van der Waals surface area contributed by atoms with E-state index in [0.29, 0.717) is 11.6 Å². The molecule has 1 heterocycles. The first-order valence-corrected chi connectivity index (χ1v) is 10.0. The van der Waals surface area contributed by atoms with Crippen LogP contribution in [0.5, 0.6) is 0 Å². The molecule has 0 aliphatic rings. The Morgan fingerprint density at radius 3 is 2.14 bits per heavy atom. The molecule has 3 aromatic carbocycles. The van der Waals surface area contributed by atoms with Crippen LogP contribution in [0, 0.1) is 0 Å². The van der Waals surface area contributed by atoms with Crippen LogP contribution < -0.4 is 5.56 Å². The van der Waals surface area contributed by atoms with Crippen LogP contribution in [0.3, 0.4) is 0 Å². The first kappa shape index (κ1) is 19.2. The molecular formula is C25H21ClN2O. The van der Waals surface area contributed by atoms with Gasteiger partial charge in [-0.1, -0.05) is 85.3 Å². The van der Waals surface area contributed by atoms with Crippen molar-refractivity contribution in [1.29, 1.82) is 0 Å². The molecule has 0 saturated heterocycles. The lowest BCUT2D eigenvalue weighted by Gasteiger charge is -2.13. The molecule has 0 amide bonds. The lowest BCUT2D eigenvalue weighted by molar-refractivity contribution is 0.643. The van der Waals surface area contributed by atoms with Crippen molar-refractivity contribution in [1.82, 2.24) is 9.78 Å². The molecule has 0 aliphatic carbocycles. The molecule has 4 rings (SSSR count).